The number of benzene rings is 1. The first-order valence-electron chi connectivity index (χ1n) is 8.32. The molecule has 3 fully saturated rings. The summed E-state index contributed by atoms with van der Waals surface area (Å²) in [7, 11) is 0. The first-order valence-corrected chi connectivity index (χ1v) is 8.32. The number of aromatic nitrogens is 3. The zero-order valence-corrected chi connectivity index (χ0v) is 13.1. The molecule has 6 nitrogen and oxygen atoms in total. The highest BCUT2D eigenvalue weighted by Gasteiger charge is 2.35. The van der Waals surface area contributed by atoms with Crippen LogP contribution in [0.1, 0.15) is 18.9 Å². The van der Waals surface area contributed by atoms with E-state index in [0.29, 0.717) is 12.6 Å². The van der Waals surface area contributed by atoms with Crippen LogP contribution in [0.3, 0.4) is 0 Å². The van der Waals surface area contributed by atoms with E-state index in [1.165, 1.54) is 25.9 Å². The second-order valence-electron chi connectivity index (χ2n) is 6.39. The van der Waals surface area contributed by atoms with Gasteiger partial charge in [-0.3, -0.25) is 0 Å². The van der Waals surface area contributed by atoms with Crippen molar-refractivity contribution in [3.8, 4) is 17.0 Å². The smallest absolute Gasteiger partial charge is 0.119 e. The molecule has 0 saturated carbocycles. The Kier molecular flexibility index (Phi) is 4.01. The summed E-state index contributed by atoms with van der Waals surface area (Å²) in [4.78, 5) is 2.53. The molecule has 2 bridgehead atoms. The highest BCUT2D eigenvalue weighted by Crippen LogP contribution is 2.35. The van der Waals surface area contributed by atoms with Crippen LogP contribution >= 0.6 is 0 Å². The van der Waals surface area contributed by atoms with Crippen molar-refractivity contribution in [3.63, 3.8) is 0 Å². The van der Waals surface area contributed by atoms with Crippen LogP contribution in [0.15, 0.2) is 30.5 Å². The fourth-order valence-corrected chi connectivity index (χ4v) is 3.69. The number of fused-ring (bicyclic) bond motifs is 3. The molecule has 0 radical (unpaired) electrons. The largest absolute Gasteiger partial charge is 0.491 e. The molecule has 4 heterocycles. The van der Waals surface area contributed by atoms with Crippen LogP contribution < -0.4 is 4.74 Å². The van der Waals surface area contributed by atoms with Gasteiger partial charge in [0.25, 0.3) is 0 Å². The fourth-order valence-electron chi connectivity index (χ4n) is 3.69. The number of nitrogens with zero attached hydrogens (tertiary/aromatic N) is 4. The third kappa shape index (κ3) is 2.96. The van der Waals surface area contributed by atoms with Gasteiger partial charge < -0.3 is 14.7 Å². The van der Waals surface area contributed by atoms with Gasteiger partial charge in [-0.25, -0.2) is 4.68 Å². The minimum absolute atomic E-state index is 0.0235. The summed E-state index contributed by atoms with van der Waals surface area (Å²) >= 11 is 0. The third-order valence-corrected chi connectivity index (χ3v) is 4.98. The Hall–Kier alpha value is -1.92. The molecular weight excluding hydrogens is 292 g/mol. The minimum Gasteiger partial charge on any atom is -0.491 e. The predicted molar refractivity (Wildman–Crippen MR) is 86.2 cm³/mol. The Morgan fingerprint density at radius 2 is 1.96 bits per heavy atom. The van der Waals surface area contributed by atoms with E-state index in [2.05, 4.69) is 26.1 Å². The van der Waals surface area contributed by atoms with Crippen molar-refractivity contribution >= 4 is 0 Å². The quantitative estimate of drug-likeness (QED) is 0.908. The Morgan fingerprint density at radius 3 is 2.61 bits per heavy atom. The molecule has 0 amide bonds. The summed E-state index contributed by atoms with van der Waals surface area (Å²) in [5.74, 6) is 1.50. The number of piperidine rings is 3. The maximum Gasteiger partial charge on any atom is 0.119 e. The number of ether oxygens (including phenoxy) is 1. The molecule has 1 N–H and O–H groups in total. The first kappa shape index (κ1) is 14.7. The molecule has 122 valence electrons. The third-order valence-electron chi connectivity index (χ3n) is 4.98. The van der Waals surface area contributed by atoms with Gasteiger partial charge in [0.15, 0.2) is 0 Å². The van der Waals surface area contributed by atoms with Crippen molar-refractivity contribution < 1.29 is 9.84 Å². The molecule has 0 aliphatic carbocycles. The fraction of sp³-hybridized carbons (Fsp3) is 0.529. The van der Waals surface area contributed by atoms with Gasteiger partial charge in [-0.05, 0) is 56.1 Å². The zero-order valence-electron chi connectivity index (χ0n) is 13.1. The topological polar surface area (TPSA) is 63.4 Å². The zero-order chi connectivity index (χ0) is 15.6. The molecule has 3 aliphatic rings. The lowest BCUT2D eigenvalue weighted by atomic mass is 9.84. The van der Waals surface area contributed by atoms with E-state index in [1.54, 1.807) is 0 Å². The molecule has 1 aromatic heterocycles. The Balaban J connectivity index is 1.49. The highest BCUT2D eigenvalue weighted by molar-refractivity contribution is 5.58. The average molecular weight is 314 g/mol. The van der Waals surface area contributed by atoms with Gasteiger partial charge >= 0.3 is 0 Å². The summed E-state index contributed by atoms with van der Waals surface area (Å²) in [6.45, 7) is 3.90. The van der Waals surface area contributed by atoms with E-state index in [9.17, 15) is 0 Å². The van der Waals surface area contributed by atoms with E-state index < -0.39 is 0 Å². The van der Waals surface area contributed by atoms with Crippen molar-refractivity contribution in [2.45, 2.75) is 18.9 Å². The summed E-state index contributed by atoms with van der Waals surface area (Å²) in [6.07, 6.45) is 4.61. The molecule has 23 heavy (non-hydrogen) atoms. The van der Waals surface area contributed by atoms with Gasteiger partial charge in [0, 0.05) is 12.1 Å². The number of rotatable bonds is 5. The van der Waals surface area contributed by atoms with Gasteiger partial charge in [0.1, 0.15) is 18.1 Å². The highest BCUT2D eigenvalue weighted by atomic mass is 16.5. The van der Waals surface area contributed by atoms with Crippen LogP contribution in [0.4, 0.5) is 0 Å². The summed E-state index contributed by atoms with van der Waals surface area (Å²) in [6, 6.07) is 8.23. The molecule has 2 aromatic rings. The van der Waals surface area contributed by atoms with Crippen molar-refractivity contribution in [2.75, 3.05) is 32.8 Å². The Labute approximate surface area is 135 Å². The second kappa shape index (κ2) is 6.29. The first-order chi connectivity index (χ1) is 11.3. The molecule has 3 aliphatic heterocycles. The maximum absolute atomic E-state index is 8.78. The molecule has 5 rings (SSSR count). The van der Waals surface area contributed by atoms with Gasteiger partial charge in [-0.2, -0.15) is 0 Å². The molecule has 1 atom stereocenters. The van der Waals surface area contributed by atoms with Crippen molar-refractivity contribution in [2.24, 2.45) is 5.92 Å². The molecular formula is C17H22N4O2. The normalized spacial score (nSPS) is 26.4. The lowest BCUT2D eigenvalue weighted by Gasteiger charge is -2.44. The van der Waals surface area contributed by atoms with Crippen LogP contribution in [0.5, 0.6) is 5.75 Å². The molecule has 0 spiro atoms. The van der Waals surface area contributed by atoms with Crippen LogP contribution in [-0.2, 0) is 0 Å². The SMILES string of the molecule is OCCOc1ccc(-c2cn([C@H]3CN4CCC3CC4)nn2)cc1. The van der Waals surface area contributed by atoms with Crippen LogP contribution in [-0.4, -0.2) is 57.8 Å². The summed E-state index contributed by atoms with van der Waals surface area (Å²) in [5, 5.41) is 17.5. The summed E-state index contributed by atoms with van der Waals surface area (Å²) < 4.78 is 7.44. The van der Waals surface area contributed by atoms with E-state index in [1.807, 2.05) is 24.3 Å². The van der Waals surface area contributed by atoms with E-state index in [0.717, 1.165) is 29.5 Å². The van der Waals surface area contributed by atoms with Crippen molar-refractivity contribution in [1.82, 2.24) is 19.9 Å². The standard InChI is InChI=1S/C17H22N4O2/c22-9-10-23-15-3-1-13(2-4-15)16-11-21(19-18-16)17-12-20-7-5-14(17)6-8-20/h1-4,11,14,17,22H,5-10,12H2/t17-/m0/s1. The van der Waals surface area contributed by atoms with Crippen molar-refractivity contribution in [3.05, 3.63) is 30.5 Å². The average Bonchev–Trinajstić information content (AvgIpc) is 3.11. The van der Waals surface area contributed by atoms with Crippen LogP contribution in [0.2, 0.25) is 0 Å². The minimum atomic E-state index is 0.0235. The van der Waals surface area contributed by atoms with Gasteiger partial charge in [0.2, 0.25) is 0 Å². The lowest BCUT2D eigenvalue weighted by Crippen LogP contribution is -2.48. The van der Waals surface area contributed by atoms with E-state index in [-0.39, 0.29) is 6.61 Å². The number of hydrogen-bond donors (Lipinski definition) is 1. The van der Waals surface area contributed by atoms with Gasteiger partial charge in [-0.15, -0.1) is 5.10 Å². The number of aliphatic hydroxyl groups is 1. The van der Waals surface area contributed by atoms with Crippen LogP contribution in [0.25, 0.3) is 11.3 Å². The lowest BCUT2D eigenvalue weighted by molar-refractivity contribution is 0.0504. The molecule has 3 saturated heterocycles. The van der Waals surface area contributed by atoms with Crippen LogP contribution in [0, 0.1) is 5.92 Å². The van der Waals surface area contributed by atoms with Gasteiger partial charge in [-0.1, -0.05) is 5.21 Å². The predicted octanol–water partition coefficient (Wildman–Crippen LogP) is 1.58. The monoisotopic (exact) mass is 314 g/mol. The molecule has 1 aromatic carbocycles. The molecule has 0 unspecified atom stereocenters. The summed E-state index contributed by atoms with van der Waals surface area (Å²) in [5.41, 5.74) is 1.93. The van der Waals surface area contributed by atoms with E-state index >= 15 is 0 Å². The number of aliphatic hydroxyl groups excluding tert-OH is 1. The molecule has 6 heteroatoms. The maximum atomic E-state index is 8.78. The Morgan fingerprint density at radius 1 is 1.17 bits per heavy atom. The number of hydrogen-bond acceptors (Lipinski definition) is 5. The van der Waals surface area contributed by atoms with E-state index in [4.69, 9.17) is 9.84 Å². The second-order valence-corrected chi connectivity index (χ2v) is 6.39. The van der Waals surface area contributed by atoms with Gasteiger partial charge in [0.05, 0.1) is 18.8 Å². The Bertz CT molecular complexity index is 647. The van der Waals surface area contributed by atoms with Crippen molar-refractivity contribution in [1.29, 1.82) is 0 Å².